The van der Waals surface area contributed by atoms with Crippen molar-refractivity contribution in [1.82, 2.24) is 4.90 Å². The molecule has 1 N–H and O–H groups in total. The second kappa shape index (κ2) is 6.21. The van der Waals surface area contributed by atoms with Gasteiger partial charge in [0.05, 0.1) is 13.7 Å². The number of methoxy groups -OCH3 is 1. The number of hydrogen-bond donors (Lipinski definition) is 1. The number of benzene rings is 1. The first-order chi connectivity index (χ1) is 8.74. The van der Waals surface area contributed by atoms with Crippen LogP contribution in [0.25, 0.3) is 0 Å². The number of likely N-dealkylation sites (tertiary alicyclic amines) is 1. The fraction of sp³-hybridized carbons (Fsp3) is 0.600. The molecule has 0 aliphatic carbocycles. The van der Waals surface area contributed by atoms with Crippen molar-refractivity contribution in [1.29, 1.82) is 0 Å². The minimum Gasteiger partial charge on any atom is -0.496 e. The second-order valence-corrected chi connectivity index (χ2v) is 5.12. The van der Waals surface area contributed by atoms with Crippen molar-refractivity contribution in [3.63, 3.8) is 0 Å². The van der Waals surface area contributed by atoms with Crippen LogP contribution in [0.2, 0.25) is 0 Å². The third-order valence-corrected chi connectivity index (χ3v) is 3.77. The van der Waals surface area contributed by atoms with E-state index in [-0.39, 0.29) is 6.61 Å². The van der Waals surface area contributed by atoms with Gasteiger partial charge >= 0.3 is 0 Å². The Morgan fingerprint density at radius 1 is 1.39 bits per heavy atom. The maximum absolute atomic E-state index is 9.45. The molecule has 18 heavy (non-hydrogen) atoms. The predicted molar refractivity (Wildman–Crippen MR) is 72.9 cm³/mol. The molecule has 0 bridgehead atoms. The summed E-state index contributed by atoms with van der Waals surface area (Å²) in [5, 5.41) is 9.45. The zero-order valence-electron chi connectivity index (χ0n) is 11.4. The Kier molecular flexibility index (Phi) is 4.61. The molecule has 0 saturated carbocycles. The molecule has 3 heteroatoms. The van der Waals surface area contributed by atoms with E-state index in [0.29, 0.717) is 6.04 Å². The van der Waals surface area contributed by atoms with Gasteiger partial charge in [-0.15, -0.1) is 0 Å². The zero-order chi connectivity index (χ0) is 13.0. The van der Waals surface area contributed by atoms with Gasteiger partial charge in [0.2, 0.25) is 0 Å². The van der Waals surface area contributed by atoms with Gasteiger partial charge in [-0.25, -0.2) is 0 Å². The summed E-state index contributed by atoms with van der Waals surface area (Å²) in [5.41, 5.74) is 2.47. The first-order valence-electron chi connectivity index (χ1n) is 6.73. The molecule has 1 aliphatic rings. The summed E-state index contributed by atoms with van der Waals surface area (Å²) >= 11 is 0. The van der Waals surface area contributed by atoms with Gasteiger partial charge in [0.15, 0.2) is 0 Å². The molecule has 2 rings (SSSR count). The fourth-order valence-corrected chi connectivity index (χ4v) is 2.72. The van der Waals surface area contributed by atoms with Crippen LogP contribution in [-0.2, 0) is 6.54 Å². The summed E-state index contributed by atoms with van der Waals surface area (Å²) in [7, 11) is 1.72. The summed E-state index contributed by atoms with van der Waals surface area (Å²) in [6, 6.07) is 6.59. The molecule has 1 fully saturated rings. The Hall–Kier alpha value is -1.06. The van der Waals surface area contributed by atoms with Gasteiger partial charge in [0.25, 0.3) is 0 Å². The molecule has 0 amide bonds. The highest BCUT2D eigenvalue weighted by Crippen LogP contribution is 2.25. The smallest absolute Gasteiger partial charge is 0.123 e. The van der Waals surface area contributed by atoms with Crippen LogP contribution in [-0.4, -0.2) is 36.3 Å². The number of aliphatic hydroxyl groups is 1. The van der Waals surface area contributed by atoms with Crippen LogP contribution in [0.3, 0.4) is 0 Å². The van der Waals surface area contributed by atoms with Crippen LogP contribution in [0, 0.1) is 6.92 Å². The Labute approximate surface area is 109 Å². The molecular weight excluding hydrogens is 226 g/mol. The van der Waals surface area contributed by atoms with Crippen LogP contribution in [0.1, 0.15) is 30.4 Å². The zero-order valence-corrected chi connectivity index (χ0v) is 11.4. The van der Waals surface area contributed by atoms with Crippen LogP contribution in [0.4, 0.5) is 0 Å². The number of hydrogen-bond acceptors (Lipinski definition) is 3. The van der Waals surface area contributed by atoms with E-state index in [9.17, 15) is 5.11 Å². The first-order valence-corrected chi connectivity index (χ1v) is 6.73. The van der Waals surface area contributed by atoms with E-state index in [0.717, 1.165) is 25.3 Å². The molecule has 1 saturated heterocycles. The Bertz CT molecular complexity index is 392. The van der Waals surface area contributed by atoms with Crippen molar-refractivity contribution in [2.45, 2.75) is 38.8 Å². The van der Waals surface area contributed by atoms with Crippen LogP contribution in [0.15, 0.2) is 18.2 Å². The van der Waals surface area contributed by atoms with Gasteiger partial charge in [0, 0.05) is 18.2 Å². The number of piperidine rings is 1. The second-order valence-electron chi connectivity index (χ2n) is 5.12. The monoisotopic (exact) mass is 249 g/mol. The molecule has 1 aliphatic heterocycles. The molecule has 0 unspecified atom stereocenters. The lowest BCUT2D eigenvalue weighted by molar-refractivity contribution is 0.0834. The molecule has 1 aromatic rings. The van der Waals surface area contributed by atoms with Crippen molar-refractivity contribution in [3.05, 3.63) is 29.3 Å². The van der Waals surface area contributed by atoms with Gasteiger partial charge < -0.3 is 9.84 Å². The summed E-state index contributed by atoms with van der Waals surface area (Å²) in [4.78, 5) is 2.38. The highest BCUT2D eigenvalue weighted by molar-refractivity contribution is 5.36. The highest BCUT2D eigenvalue weighted by atomic mass is 16.5. The average molecular weight is 249 g/mol. The Morgan fingerprint density at radius 2 is 2.22 bits per heavy atom. The molecule has 0 aromatic heterocycles. The van der Waals surface area contributed by atoms with E-state index in [1.165, 1.54) is 24.0 Å². The average Bonchev–Trinajstić information content (AvgIpc) is 2.40. The van der Waals surface area contributed by atoms with Gasteiger partial charge in [-0.2, -0.15) is 0 Å². The minimum atomic E-state index is 0.258. The molecule has 1 atom stereocenters. The van der Waals surface area contributed by atoms with Crippen LogP contribution >= 0.6 is 0 Å². The fourth-order valence-electron chi connectivity index (χ4n) is 2.72. The van der Waals surface area contributed by atoms with Gasteiger partial charge in [-0.1, -0.05) is 24.1 Å². The lowest BCUT2D eigenvalue weighted by Gasteiger charge is -2.34. The largest absolute Gasteiger partial charge is 0.496 e. The molecule has 0 radical (unpaired) electrons. The number of nitrogens with zero attached hydrogens (tertiary/aromatic N) is 1. The maximum Gasteiger partial charge on any atom is 0.123 e. The lowest BCUT2D eigenvalue weighted by atomic mass is 10.0. The molecule has 100 valence electrons. The van der Waals surface area contributed by atoms with Crippen LogP contribution < -0.4 is 4.74 Å². The Morgan fingerprint density at radius 3 is 2.94 bits per heavy atom. The molecule has 1 aromatic carbocycles. The van der Waals surface area contributed by atoms with E-state index in [1.54, 1.807) is 7.11 Å². The van der Waals surface area contributed by atoms with E-state index < -0.39 is 0 Å². The lowest BCUT2D eigenvalue weighted by Crippen LogP contribution is -2.41. The molecule has 0 spiro atoms. The summed E-state index contributed by atoms with van der Waals surface area (Å²) in [6.45, 7) is 4.30. The van der Waals surface area contributed by atoms with Crippen molar-refractivity contribution < 1.29 is 9.84 Å². The maximum atomic E-state index is 9.45. The van der Waals surface area contributed by atoms with Crippen molar-refractivity contribution >= 4 is 0 Å². The van der Waals surface area contributed by atoms with Crippen molar-refractivity contribution in [2.75, 3.05) is 20.3 Å². The predicted octanol–water partition coefficient (Wildman–Crippen LogP) is 2.35. The van der Waals surface area contributed by atoms with Gasteiger partial charge in [-0.3, -0.25) is 4.90 Å². The number of aliphatic hydroxyl groups excluding tert-OH is 1. The minimum absolute atomic E-state index is 0.258. The normalized spacial score (nSPS) is 20.9. The van der Waals surface area contributed by atoms with E-state index in [1.807, 2.05) is 6.07 Å². The molecule has 3 nitrogen and oxygen atoms in total. The van der Waals surface area contributed by atoms with Crippen molar-refractivity contribution in [2.24, 2.45) is 0 Å². The van der Waals surface area contributed by atoms with E-state index >= 15 is 0 Å². The topological polar surface area (TPSA) is 32.7 Å². The summed E-state index contributed by atoms with van der Waals surface area (Å²) in [6.07, 6.45) is 3.56. The summed E-state index contributed by atoms with van der Waals surface area (Å²) in [5.74, 6) is 0.947. The Balaban J connectivity index is 2.14. The highest BCUT2D eigenvalue weighted by Gasteiger charge is 2.22. The number of rotatable bonds is 4. The van der Waals surface area contributed by atoms with E-state index in [2.05, 4.69) is 24.0 Å². The standard InChI is InChI=1S/C15H23NO2/c1-12-6-7-15(18-2)13(9-12)10-16-8-4-3-5-14(16)11-17/h6-7,9,14,17H,3-5,8,10-11H2,1-2H3/t14-/m0/s1. The van der Waals surface area contributed by atoms with Crippen LogP contribution in [0.5, 0.6) is 5.75 Å². The van der Waals surface area contributed by atoms with Crippen molar-refractivity contribution in [3.8, 4) is 5.75 Å². The van der Waals surface area contributed by atoms with E-state index in [4.69, 9.17) is 4.74 Å². The molecule has 1 heterocycles. The first kappa shape index (κ1) is 13.4. The number of aryl methyl sites for hydroxylation is 1. The third-order valence-electron chi connectivity index (χ3n) is 3.77. The summed E-state index contributed by atoms with van der Waals surface area (Å²) < 4.78 is 5.42. The molecular formula is C15H23NO2. The van der Waals surface area contributed by atoms with Gasteiger partial charge in [0.1, 0.15) is 5.75 Å². The number of ether oxygens (including phenoxy) is 1. The van der Waals surface area contributed by atoms with Gasteiger partial charge in [-0.05, 0) is 32.4 Å². The SMILES string of the molecule is COc1ccc(C)cc1CN1CCCC[C@H]1CO. The quantitative estimate of drug-likeness (QED) is 0.889. The third kappa shape index (κ3) is 3.03.